The highest BCUT2D eigenvalue weighted by Crippen LogP contribution is 2.33. The number of hydrogen-bond acceptors (Lipinski definition) is 5. The highest BCUT2D eigenvalue weighted by molar-refractivity contribution is 7.11. The van der Waals surface area contributed by atoms with Gasteiger partial charge in [0.25, 0.3) is 5.91 Å². The highest BCUT2D eigenvalue weighted by Gasteiger charge is 2.26. The molecule has 2 aromatic heterocycles. The van der Waals surface area contributed by atoms with Gasteiger partial charge in [-0.25, -0.2) is 9.78 Å². The monoisotopic (exact) mass is 346 g/mol. The van der Waals surface area contributed by atoms with Crippen molar-refractivity contribution in [1.29, 1.82) is 0 Å². The third kappa shape index (κ3) is 3.72. The minimum absolute atomic E-state index is 0.0964. The van der Waals surface area contributed by atoms with Gasteiger partial charge in [-0.1, -0.05) is 13.8 Å². The van der Waals surface area contributed by atoms with Crippen molar-refractivity contribution in [1.82, 2.24) is 20.3 Å². The molecule has 1 atom stereocenters. The van der Waals surface area contributed by atoms with Gasteiger partial charge in [0.2, 0.25) is 0 Å². The lowest BCUT2D eigenvalue weighted by atomic mass is 9.97. The summed E-state index contributed by atoms with van der Waals surface area (Å²) in [5.74, 6) is 0.0763. The largest absolute Gasteiger partial charge is 0.345 e. The van der Waals surface area contributed by atoms with Crippen molar-refractivity contribution in [2.45, 2.75) is 52.5 Å². The van der Waals surface area contributed by atoms with Crippen LogP contribution in [-0.2, 0) is 12.8 Å². The van der Waals surface area contributed by atoms with E-state index in [-0.39, 0.29) is 17.6 Å². The predicted molar refractivity (Wildman–Crippen MR) is 93.4 cm³/mol. The van der Waals surface area contributed by atoms with Crippen LogP contribution in [0.25, 0.3) is 0 Å². The summed E-state index contributed by atoms with van der Waals surface area (Å²) in [6.07, 6.45) is 3.62. The Morgan fingerprint density at radius 1 is 1.46 bits per heavy atom. The second kappa shape index (κ2) is 6.84. The molecule has 1 unspecified atom stereocenters. The first-order valence-electron chi connectivity index (χ1n) is 8.29. The first-order valence-corrected chi connectivity index (χ1v) is 9.11. The number of hydrogen-bond donors (Lipinski definition) is 2. The van der Waals surface area contributed by atoms with Crippen LogP contribution in [0.1, 0.15) is 64.5 Å². The van der Waals surface area contributed by atoms with E-state index in [9.17, 15) is 9.59 Å². The molecule has 0 bridgehead atoms. The van der Waals surface area contributed by atoms with E-state index in [1.807, 2.05) is 6.92 Å². The van der Waals surface area contributed by atoms with Gasteiger partial charge >= 0.3 is 5.69 Å². The SMILES string of the molecule is Cc1nc2c(s1)CCCC2NC(=O)c1cc(CC(C)C)[nH]c(=O)n1. The average Bonchev–Trinajstić information content (AvgIpc) is 2.87. The van der Waals surface area contributed by atoms with Gasteiger partial charge in [0.1, 0.15) is 5.69 Å². The van der Waals surface area contributed by atoms with Crippen LogP contribution in [0.4, 0.5) is 0 Å². The molecule has 6 nitrogen and oxygen atoms in total. The zero-order chi connectivity index (χ0) is 17.3. The van der Waals surface area contributed by atoms with Gasteiger partial charge in [-0.2, -0.15) is 4.98 Å². The topological polar surface area (TPSA) is 87.7 Å². The molecule has 0 aromatic carbocycles. The van der Waals surface area contributed by atoms with E-state index in [0.29, 0.717) is 12.3 Å². The maximum absolute atomic E-state index is 12.6. The molecule has 0 fully saturated rings. The Bertz CT molecular complexity index is 809. The molecule has 1 aliphatic carbocycles. The average molecular weight is 346 g/mol. The molecule has 3 rings (SSSR count). The van der Waals surface area contributed by atoms with Gasteiger partial charge in [0.05, 0.1) is 16.7 Å². The van der Waals surface area contributed by atoms with E-state index in [4.69, 9.17) is 0 Å². The molecule has 2 heterocycles. The van der Waals surface area contributed by atoms with E-state index in [1.54, 1.807) is 17.4 Å². The number of amides is 1. The van der Waals surface area contributed by atoms with E-state index >= 15 is 0 Å². The van der Waals surface area contributed by atoms with Gasteiger partial charge in [-0.15, -0.1) is 11.3 Å². The van der Waals surface area contributed by atoms with Gasteiger partial charge < -0.3 is 10.3 Å². The molecule has 24 heavy (non-hydrogen) atoms. The van der Waals surface area contributed by atoms with E-state index in [0.717, 1.165) is 35.7 Å². The van der Waals surface area contributed by atoms with Crippen LogP contribution in [0, 0.1) is 12.8 Å². The standard InChI is InChI=1S/C17H22N4O2S/c1-9(2)7-11-8-13(21-17(23)19-11)16(22)20-12-5-4-6-14-15(12)18-10(3)24-14/h8-9,12H,4-7H2,1-3H3,(H,20,22)(H,19,21,23). The van der Waals surface area contributed by atoms with Crippen LogP contribution in [0.15, 0.2) is 10.9 Å². The highest BCUT2D eigenvalue weighted by atomic mass is 32.1. The molecular formula is C17H22N4O2S. The maximum atomic E-state index is 12.6. The summed E-state index contributed by atoms with van der Waals surface area (Å²) in [5, 5.41) is 4.03. The van der Waals surface area contributed by atoms with E-state index in [1.165, 1.54) is 4.88 Å². The fraction of sp³-hybridized carbons (Fsp3) is 0.529. The van der Waals surface area contributed by atoms with Gasteiger partial charge in [-0.05, 0) is 44.6 Å². The zero-order valence-electron chi connectivity index (χ0n) is 14.2. The molecule has 0 radical (unpaired) electrons. The Balaban J connectivity index is 1.81. The molecule has 0 spiro atoms. The molecule has 128 valence electrons. The van der Waals surface area contributed by atoms with Crippen molar-refractivity contribution in [3.8, 4) is 0 Å². The van der Waals surface area contributed by atoms with E-state index < -0.39 is 5.69 Å². The Labute approximate surface area is 144 Å². The van der Waals surface area contributed by atoms with Crippen molar-refractivity contribution in [3.63, 3.8) is 0 Å². The zero-order valence-corrected chi connectivity index (χ0v) is 15.0. The lowest BCUT2D eigenvalue weighted by molar-refractivity contribution is 0.0926. The number of aryl methyl sites for hydroxylation is 2. The van der Waals surface area contributed by atoms with E-state index in [2.05, 4.69) is 34.1 Å². The normalized spacial score (nSPS) is 16.9. The number of nitrogens with zero attached hydrogens (tertiary/aromatic N) is 2. The Kier molecular flexibility index (Phi) is 4.80. The second-order valence-electron chi connectivity index (χ2n) is 6.65. The van der Waals surface area contributed by atoms with Crippen LogP contribution in [0.5, 0.6) is 0 Å². The van der Waals surface area contributed by atoms with Gasteiger partial charge in [0, 0.05) is 10.6 Å². The van der Waals surface area contributed by atoms with Crippen LogP contribution < -0.4 is 11.0 Å². The van der Waals surface area contributed by atoms with Crippen LogP contribution >= 0.6 is 11.3 Å². The van der Waals surface area contributed by atoms with Gasteiger partial charge in [-0.3, -0.25) is 4.79 Å². The van der Waals surface area contributed by atoms with Crippen LogP contribution in [0.3, 0.4) is 0 Å². The van der Waals surface area contributed by atoms with Crippen molar-refractivity contribution < 1.29 is 4.79 Å². The quantitative estimate of drug-likeness (QED) is 0.890. The molecule has 0 saturated heterocycles. The summed E-state index contributed by atoms with van der Waals surface area (Å²) in [4.78, 5) is 36.7. The van der Waals surface area contributed by atoms with Crippen molar-refractivity contribution >= 4 is 17.2 Å². The number of carbonyl (C=O) groups excluding carboxylic acids is 1. The molecule has 1 amide bonds. The maximum Gasteiger partial charge on any atom is 0.345 e. The molecule has 0 saturated carbocycles. The smallest absolute Gasteiger partial charge is 0.342 e. The Morgan fingerprint density at radius 3 is 3.00 bits per heavy atom. The van der Waals surface area contributed by atoms with Crippen LogP contribution in [0.2, 0.25) is 0 Å². The number of carbonyl (C=O) groups is 1. The lowest BCUT2D eigenvalue weighted by Crippen LogP contribution is -2.33. The number of aromatic amines is 1. The fourth-order valence-electron chi connectivity index (χ4n) is 3.09. The number of aromatic nitrogens is 3. The summed E-state index contributed by atoms with van der Waals surface area (Å²) in [6.45, 7) is 6.11. The van der Waals surface area contributed by atoms with Crippen molar-refractivity contribution in [2.24, 2.45) is 5.92 Å². The third-order valence-electron chi connectivity index (χ3n) is 4.03. The van der Waals surface area contributed by atoms with Crippen molar-refractivity contribution in [2.75, 3.05) is 0 Å². The first-order chi connectivity index (χ1) is 11.4. The van der Waals surface area contributed by atoms with Crippen LogP contribution in [-0.4, -0.2) is 20.9 Å². The molecule has 0 aliphatic heterocycles. The number of nitrogens with one attached hydrogen (secondary N) is 2. The number of thiazole rings is 1. The minimum atomic E-state index is -0.480. The predicted octanol–water partition coefficient (Wildman–Crippen LogP) is 2.54. The number of H-pyrrole nitrogens is 1. The fourth-order valence-corrected chi connectivity index (χ4v) is 4.13. The molecular weight excluding hydrogens is 324 g/mol. The first kappa shape index (κ1) is 16.8. The number of fused-ring (bicyclic) bond motifs is 1. The third-order valence-corrected chi connectivity index (χ3v) is 5.07. The van der Waals surface area contributed by atoms with Gasteiger partial charge in [0.15, 0.2) is 0 Å². The Morgan fingerprint density at radius 2 is 2.25 bits per heavy atom. The summed E-state index contributed by atoms with van der Waals surface area (Å²) < 4.78 is 0. The molecule has 7 heteroatoms. The molecule has 1 aliphatic rings. The Hall–Kier alpha value is -2.02. The minimum Gasteiger partial charge on any atom is -0.342 e. The summed E-state index contributed by atoms with van der Waals surface area (Å²) >= 11 is 1.70. The molecule has 2 N–H and O–H groups in total. The van der Waals surface area contributed by atoms with Crippen molar-refractivity contribution in [3.05, 3.63) is 43.5 Å². The summed E-state index contributed by atoms with van der Waals surface area (Å²) in [6, 6.07) is 1.58. The molecule has 2 aromatic rings. The summed E-state index contributed by atoms with van der Waals surface area (Å²) in [5.41, 5.74) is 1.41. The number of rotatable bonds is 4. The lowest BCUT2D eigenvalue weighted by Gasteiger charge is -2.22. The second-order valence-corrected chi connectivity index (χ2v) is 7.94. The summed E-state index contributed by atoms with van der Waals surface area (Å²) in [7, 11) is 0.